The lowest BCUT2D eigenvalue weighted by molar-refractivity contribution is 0.0697. The van der Waals surface area contributed by atoms with Crippen molar-refractivity contribution in [3.05, 3.63) is 65.2 Å². The summed E-state index contributed by atoms with van der Waals surface area (Å²) in [6.07, 6.45) is -0.719. The van der Waals surface area contributed by atoms with Gasteiger partial charge in [-0.05, 0) is 23.8 Å². The largest absolute Gasteiger partial charge is 0.478 e. The molecule has 2 rings (SSSR count). The van der Waals surface area contributed by atoms with Gasteiger partial charge in [0, 0.05) is 0 Å². The van der Waals surface area contributed by atoms with Crippen LogP contribution in [-0.2, 0) is 11.3 Å². The second-order valence-corrected chi connectivity index (χ2v) is 4.36. The number of carboxylic acids is 1. The van der Waals surface area contributed by atoms with Gasteiger partial charge >= 0.3 is 12.1 Å². The number of nitrogens with zero attached hydrogens (tertiary/aromatic N) is 1. The fourth-order valence-corrected chi connectivity index (χ4v) is 1.75. The Morgan fingerprint density at radius 3 is 2.55 bits per heavy atom. The summed E-state index contributed by atoms with van der Waals surface area (Å²) in [6.45, 7) is 0.0990. The third kappa shape index (κ3) is 3.84. The predicted octanol–water partition coefficient (Wildman–Crippen LogP) is 3.01. The topological polar surface area (TPSA) is 99.4 Å². The molecule has 2 aromatic carbocycles. The molecule has 0 radical (unpaired) electrons. The van der Waals surface area contributed by atoms with Gasteiger partial charge < -0.3 is 9.84 Å². The number of hydrogen-bond donors (Lipinski definition) is 2. The van der Waals surface area contributed by atoms with Crippen molar-refractivity contribution in [1.82, 2.24) is 0 Å². The number of hydrogen-bond acceptors (Lipinski definition) is 4. The van der Waals surface area contributed by atoms with Crippen molar-refractivity contribution in [3.63, 3.8) is 0 Å². The highest BCUT2D eigenvalue weighted by Crippen LogP contribution is 2.17. The summed E-state index contributed by atoms with van der Waals surface area (Å²) < 4.78 is 5.03. The van der Waals surface area contributed by atoms with E-state index in [1.165, 1.54) is 18.2 Å². The normalized spacial score (nSPS) is 9.59. The smallest absolute Gasteiger partial charge is 0.411 e. The Morgan fingerprint density at radius 1 is 1.18 bits per heavy atom. The summed E-state index contributed by atoms with van der Waals surface area (Å²) >= 11 is 0. The summed E-state index contributed by atoms with van der Waals surface area (Å²) in [4.78, 5) is 22.6. The van der Waals surface area contributed by atoms with Crippen LogP contribution in [0.1, 0.15) is 21.5 Å². The molecule has 0 aliphatic carbocycles. The van der Waals surface area contributed by atoms with Gasteiger partial charge in [-0.15, -0.1) is 0 Å². The van der Waals surface area contributed by atoms with Crippen LogP contribution >= 0.6 is 0 Å². The standard InChI is InChI=1S/C16H12N2O4/c17-9-13-8-12(15(19)20)6-7-14(13)18-16(21)22-10-11-4-2-1-3-5-11/h1-8H,10H2,(H,18,21)(H,19,20). The first-order chi connectivity index (χ1) is 10.6. The van der Waals surface area contributed by atoms with Crippen molar-refractivity contribution < 1.29 is 19.4 Å². The number of aromatic carboxylic acids is 1. The van der Waals surface area contributed by atoms with Gasteiger partial charge in [-0.1, -0.05) is 30.3 Å². The van der Waals surface area contributed by atoms with E-state index in [0.717, 1.165) is 5.56 Å². The van der Waals surface area contributed by atoms with E-state index in [0.29, 0.717) is 0 Å². The Morgan fingerprint density at radius 2 is 1.91 bits per heavy atom. The van der Waals surface area contributed by atoms with E-state index in [9.17, 15) is 9.59 Å². The summed E-state index contributed by atoms with van der Waals surface area (Å²) in [6, 6.07) is 14.8. The van der Waals surface area contributed by atoms with E-state index in [-0.39, 0.29) is 23.4 Å². The Kier molecular flexibility index (Phi) is 4.73. The van der Waals surface area contributed by atoms with Crippen LogP contribution in [0.25, 0.3) is 0 Å². The monoisotopic (exact) mass is 296 g/mol. The van der Waals surface area contributed by atoms with Crippen molar-refractivity contribution in [1.29, 1.82) is 5.26 Å². The molecule has 2 aromatic rings. The number of nitriles is 1. The van der Waals surface area contributed by atoms with E-state index in [2.05, 4.69) is 5.32 Å². The van der Waals surface area contributed by atoms with E-state index in [1.807, 2.05) is 36.4 Å². The molecule has 6 heteroatoms. The maximum Gasteiger partial charge on any atom is 0.411 e. The van der Waals surface area contributed by atoms with Crippen molar-refractivity contribution in [2.24, 2.45) is 0 Å². The average Bonchev–Trinajstić information content (AvgIpc) is 2.54. The molecule has 0 spiro atoms. The third-order valence-electron chi connectivity index (χ3n) is 2.84. The fraction of sp³-hybridized carbons (Fsp3) is 0.0625. The first-order valence-corrected chi connectivity index (χ1v) is 6.35. The molecule has 0 aliphatic rings. The number of carbonyl (C=O) groups excluding carboxylic acids is 1. The number of anilines is 1. The zero-order valence-electron chi connectivity index (χ0n) is 11.4. The maximum atomic E-state index is 11.7. The van der Waals surface area contributed by atoms with Gasteiger partial charge in [-0.2, -0.15) is 5.26 Å². The van der Waals surface area contributed by atoms with Gasteiger partial charge in [0.15, 0.2) is 0 Å². The summed E-state index contributed by atoms with van der Waals surface area (Å²) in [5.74, 6) is -1.14. The van der Waals surface area contributed by atoms with Crippen LogP contribution in [0.15, 0.2) is 48.5 Å². The van der Waals surface area contributed by atoms with E-state index in [1.54, 1.807) is 0 Å². The Bertz CT molecular complexity index is 736. The molecule has 0 unspecified atom stereocenters. The first kappa shape index (κ1) is 15.1. The van der Waals surface area contributed by atoms with E-state index in [4.69, 9.17) is 15.1 Å². The number of benzene rings is 2. The molecule has 1 amide bonds. The molecule has 110 valence electrons. The molecule has 0 saturated heterocycles. The highest BCUT2D eigenvalue weighted by Gasteiger charge is 2.11. The molecule has 0 saturated carbocycles. The summed E-state index contributed by atoms with van der Waals surface area (Å²) in [5, 5.41) is 20.3. The quantitative estimate of drug-likeness (QED) is 0.903. The minimum atomic E-state index is -1.14. The Hall–Kier alpha value is -3.33. The number of rotatable bonds is 4. The second kappa shape index (κ2) is 6.90. The van der Waals surface area contributed by atoms with Gasteiger partial charge in [0.1, 0.15) is 12.7 Å². The van der Waals surface area contributed by atoms with E-state index >= 15 is 0 Å². The van der Waals surface area contributed by atoms with Gasteiger partial charge in [0.25, 0.3) is 0 Å². The average molecular weight is 296 g/mol. The van der Waals surface area contributed by atoms with Gasteiger partial charge in [0.2, 0.25) is 0 Å². The van der Waals surface area contributed by atoms with Gasteiger partial charge in [0.05, 0.1) is 16.8 Å². The molecule has 6 nitrogen and oxygen atoms in total. The summed E-state index contributed by atoms with van der Waals surface area (Å²) in [7, 11) is 0. The molecule has 0 aromatic heterocycles. The Balaban J connectivity index is 2.02. The molecule has 0 atom stereocenters. The number of amides is 1. The third-order valence-corrected chi connectivity index (χ3v) is 2.84. The van der Waals surface area contributed by atoms with Crippen LogP contribution < -0.4 is 5.32 Å². The highest BCUT2D eigenvalue weighted by atomic mass is 16.5. The number of carboxylic acid groups (broad SMARTS) is 1. The highest BCUT2D eigenvalue weighted by molar-refractivity contribution is 5.91. The zero-order valence-corrected chi connectivity index (χ0v) is 11.4. The van der Waals surface area contributed by atoms with Crippen molar-refractivity contribution >= 4 is 17.7 Å². The summed E-state index contributed by atoms with van der Waals surface area (Å²) in [5.41, 5.74) is 1.06. The van der Waals surface area contributed by atoms with Gasteiger partial charge in [-0.25, -0.2) is 9.59 Å². The van der Waals surface area contributed by atoms with Crippen LogP contribution in [-0.4, -0.2) is 17.2 Å². The molecular formula is C16H12N2O4. The first-order valence-electron chi connectivity index (χ1n) is 6.35. The molecule has 2 N–H and O–H groups in total. The molecule has 0 bridgehead atoms. The zero-order chi connectivity index (χ0) is 15.9. The lowest BCUT2D eigenvalue weighted by atomic mass is 10.1. The minimum absolute atomic E-state index is 0.0280. The minimum Gasteiger partial charge on any atom is -0.478 e. The fourth-order valence-electron chi connectivity index (χ4n) is 1.75. The number of nitrogens with one attached hydrogen (secondary N) is 1. The molecule has 22 heavy (non-hydrogen) atoms. The maximum absolute atomic E-state index is 11.7. The lowest BCUT2D eigenvalue weighted by Crippen LogP contribution is -2.14. The molecule has 0 fully saturated rings. The predicted molar refractivity (Wildman–Crippen MR) is 78.4 cm³/mol. The van der Waals surface area contributed by atoms with Crippen LogP contribution in [0.5, 0.6) is 0 Å². The van der Waals surface area contributed by atoms with E-state index < -0.39 is 12.1 Å². The lowest BCUT2D eigenvalue weighted by Gasteiger charge is -2.09. The molecular weight excluding hydrogens is 284 g/mol. The molecule has 0 heterocycles. The SMILES string of the molecule is N#Cc1cc(C(=O)O)ccc1NC(=O)OCc1ccccc1. The van der Waals surface area contributed by atoms with Crippen LogP contribution in [0.4, 0.5) is 10.5 Å². The van der Waals surface area contributed by atoms with Gasteiger partial charge in [-0.3, -0.25) is 5.32 Å². The van der Waals surface area contributed by atoms with Crippen LogP contribution in [0.3, 0.4) is 0 Å². The number of carbonyl (C=O) groups is 2. The molecule has 0 aliphatic heterocycles. The number of ether oxygens (including phenoxy) is 1. The van der Waals surface area contributed by atoms with Crippen molar-refractivity contribution in [2.45, 2.75) is 6.61 Å². The van der Waals surface area contributed by atoms with Crippen molar-refractivity contribution in [2.75, 3.05) is 5.32 Å². The van der Waals surface area contributed by atoms with Crippen molar-refractivity contribution in [3.8, 4) is 6.07 Å². The van der Waals surface area contributed by atoms with Crippen LogP contribution in [0, 0.1) is 11.3 Å². The van der Waals surface area contributed by atoms with Crippen LogP contribution in [0.2, 0.25) is 0 Å². The Labute approximate surface area is 126 Å². The second-order valence-electron chi connectivity index (χ2n) is 4.36.